The first-order valence-electron chi connectivity index (χ1n) is 11.1. The fraction of sp³-hybridized carbons (Fsp3) is 0.231. The van der Waals surface area contributed by atoms with Crippen molar-refractivity contribution in [3.63, 3.8) is 0 Å². The molecule has 8 heteroatoms. The summed E-state index contributed by atoms with van der Waals surface area (Å²) in [6, 6.07) is 13.9. The summed E-state index contributed by atoms with van der Waals surface area (Å²) in [5.74, 6) is -0.404. The van der Waals surface area contributed by atoms with Crippen molar-refractivity contribution in [2.24, 2.45) is 0 Å². The van der Waals surface area contributed by atoms with E-state index in [0.717, 1.165) is 17.6 Å². The Morgan fingerprint density at radius 1 is 1.21 bits per heavy atom. The predicted molar refractivity (Wildman–Crippen MR) is 127 cm³/mol. The van der Waals surface area contributed by atoms with Crippen LogP contribution in [0.5, 0.6) is 0 Å². The zero-order valence-electron chi connectivity index (χ0n) is 18.9. The molecule has 1 fully saturated rings. The molecule has 0 unspecified atom stereocenters. The monoisotopic (exact) mass is 456 g/mol. The van der Waals surface area contributed by atoms with E-state index >= 15 is 0 Å². The molecule has 0 aliphatic heterocycles. The van der Waals surface area contributed by atoms with Crippen LogP contribution in [0.15, 0.2) is 71.9 Å². The van der Waals surface area contributed by atoms with Gasteiger partial charge in [-0.15, -0.1) is 0 Å². The van der Waals surface area contributed by atoms with E-state index < -0.39 is 11.5 Å². The first kappa shape index (κ1) is 21.8. The largest absolute Gasteiger partial charge is 0.618 e. The second kappa shape index (κ2) is 8.07. The molecule has 3 heterocycles. The standard InChI is InChI=1S/C26H24N4O4/c1-26(2,33)17-10-12-30(34)22(14-17)16-5-3-6-19(13-16)29-15-21(25(32)28-18-8-9-18)23(31)20-7-4-11-27-24(20)29/h3-7,10-15,18,33H,8-9H2,1-2H3,(H,28,32). The van der Waals surface area contributed by atoms with Crippen molar-refractivity contribution in [1.29, 1.82) is 0 Å². The number of nitrogens with one attached hydrogen (secondary N) is 1. The molecule has 0 atom stereocenters. The Morgan fingerprint density at radius 2 is 2.00 bits per heavy atom. The third-order valence-corrected chi connectivity index (χ3v) is 5.97. The number of hydrogen-bond acceptors (Lipinski definition) is 5. The zero-order valence-corrected chi connectivity index (χ0v) is 18.9. The Labute approximate surface area is 195 Å². The number of carbonyl (C=O) groups excluding carboxylic acids is 1. The Kier molecular flexibility index (Phi) is 5.17. The smallest absolute Gasteiger partial charge is 0.257 e. The number of nitrogens with zero attached hydrogens (tertiary/aromatic N) is 3. The summed E-state index contributed by atoms with van der Waals surface area (Å²) >= 11 is 0. The predicted octanol–water partition coefficient (Wildman–Crippen LogP) is 2.81. The van der Waals surface area contributed by atoms with Gasteiger partial charge in [-0.3, -0.25) is 9.59 Å². The third-order valence-electron chi connectivity index (χ3n) is 5.97. The molecular formula is C26H24N4O4. The molecule has 1 aliphatic rings. The van der Waals surface area contributed by atoms with Gasteiger partial charge in [-0.25, -0.2) is 4.98 Å². The van der Waals surface area contributed by atoms with Crippen molar-refractivity contribution in [2.75, 3.05) is 0 Å². The van der Waals surface area contributed by atoms with Crippen molar-refractivity contribution < 1.29 is 14.6 Å². The van der Waals surface area contributed by atoms with Crippen LogP contribution in [-0.2, 0) is 5.60 Å². The Bertz CT molecular complexity index is 1480. The quantitative estimate of drug-likeness (QED) is 0.354. The van der Waals surface area contributed by atoms with Crippen LogP contribution in [0.2, 0.25) is 0 Å². The molecule has 172 valence electrons. The normalized spacial score (nSPS) is 13.7. The van der Waals surface area contributed by atoms with Crippen molar-refractivity contribution in [3.05, 3.63) is 93.7 Å². The molecule has 34 heavy (non-hydrogen) atoms. The van der Waals surface area contributed by atoms with E-state index in [9.17, 15) is 19.9 Å². The summed E-state index contributed by atoms with van der Waals surface area (Å²) in [7, 11) is 0. The molecule has 1 aliphatic carbocycles. The number of pyridine rings is 3. The topological polar surface area (TPSA) is 111 Å². The summed E-state index contributed by atoms with van der Waals surface area (Å²) in [4.78, 5) is 30.2. The summed E-state index contributed by atoms with van der Waals surface area (Å²) in [5, 5.41) is 26.2. The van der Waals surface area contributed by atoms with Gasteiger partial charge in [0.2, 0.25) is 11.1 Å². The Hall–Kier alpha value is -4.04. The molecule has 2 N–H and O–H groups in total. The summed E-state index contributed by atoms with van der Waals surface area (Å²) < 4.78 is 2.43. The van der Waals surface area contributed by atoms with E-state index in [0.29, 0.717) is 33.5 Å². The minimum Gasteiger partial charge on any atom is -0.618 e. The minimum atomic E-state index is -1.11. The van der Waals surface area contributed by atoms with Gasteiger partial charge in [0.15, 0.2) is 6.20 Å². The van der Waals surface area contributed by atoms with E-state index in [1.54, 1.807) is 67.1 Å². The maximum Gasteiger partial charge on any atom is 0.257 e. The van der Waals surface area contributed by atoms with Crippen LogP contribution in [-0.4, -0.2) is 26.6 Å². The second-order valence-corrected chi connectivity index (χ2v) is 9.10. The molecule has 3 aromatic heterocycles. The molecule has 4 aromatic rings. The van der Waals surface area contributed by atoms with Gasteiger partial charge in [0.05, 0.1) is 11.0 Å². The molecule has 1 aromatic carbocycles. The minimum absolute atomic E-state index is 0.0423. The lowest BCUT2D eigenvalue weighted by molar-refractivity contribution is -0.593. The van der Waals surface area contributed by atoms with E-state index in [-0.39, 0.29) is 17.0 Å². The van der Waals surface area contributed by atoms with Crippen molar-refractivity contribution in [2.45, 2.75) is 38.3 Å². The fourth-order valence-electron chi connectivity index (χ4n) is 3.90. The van der Waals surface area contributed by atoms with Crippen molar-refractivity contribution in [1.82, 2.24) is 14.9 Å². The summed E-state index contributed by atoms with van der Waals surface area (Å²) in [6.07, 6.45) is 6.29. The second-order valence-electron chi connectivity index (χ2n) is 9.10. The van der Waals surface area contributed by atoms with Crippen LogP contribution in [0.4, 0.5) is 0 Å². The molecule has 0 radical (unpaired) electrons. The van der Waals surface area contributed by atoms with Crippen molar-refractivity contribution >= 4 is 16.9 Å². The highest BCUT2D eigenvalue weighted by atomic mass is 16.5. The number of carbonyl (C=O) groups is 1. The van der Waals surface area contributed by atoms with Crippen LogP contribution >= 0.6 is 0 Å². The maximum atomic E-state index is 13.0. The third kappa shape index (κ3) is 4.04. The van der Waals surface area contributed by atoms with Crippen molar-refractivity contribution in [3.8, 4) is 16.9 Å². The lowest BCUT2D eigenvalue weighted by Gasteiger charge is -2.18. The number of fused-ring (bicyclic) bond motifs is 1. The fourth-order valence-corrected chi connectivity index (χ4v) is 3.90. The van der Waals surface area contributed by atoms with E-state index in [2.05, 4.69) is 10.3 Å². The molecule has 0 bridgehead atoms. The molecule has 0 saturated heterocycles. The van der Waals surface area contributed by atoms with E-state index in [1.165, 1.54) is 12.4 Å². The molecule has 1 amide bonds. The maximum absolute atomic E-state index is 13.0. The lowest BCUT2D eigenvalue weighted by Crippen LogP contribution is -2.31. The summed E-state index contributed by atoms with van der Waals surface area (Å²) in [5.41, 5.74) is 1.20. The molecule has 8 nitrogen and oxygen atoms in total. The molecule has 0 spiro atoms. The average Bonchev–Trinajstić information content (AvgIpc) is 3.63. The van der Waals surface area contributed by atoms with Gasteiger partial charge in [-0.05, 0) is 62.6 Å². The van der Waals surface area contributed by atoms with Crippen LogP contribution in [0.1, 0.15) is 42.6 Å². The highest BCUT2D eigenvalue weighted by Gasteiger charge is 2.26. The number of aromatic nitrogens is 3. The van der Waals surface area contributed by atoms with E-state index in [4.69, 9.17) is 0 Å². The van der Waals surface area contributed by atoms with Crippen LogP contribution in [0.3, 0.4) is 0 Å². The van der Waals surface area contributed by atoms with Gasteiger partial charge in [0.1, 0.15) is 11.2 Å². The lowest BCUT2D eigenvalue weighted by atomic mass is 9.97. The number of hydrogen-bond donors (Lipinski definition) is 2. The molecule has 1 saturated carbocycles. The number of benzene rings is 1. The van der Waals surface area contributed by atoms with Gasteiger partial charge in [0, 0.05) is 41.8 Å². The molecular weight excluding hydrogens is 432 g/mol. The highest BCUT2D eigenvalue weighted by Crippen LogP contribution is 2.26. The van der Waals surface area contributed by atoms with E-state index in [1.807, 2.05) is 6.07 Å². The van der Waals surface area contributed by atoms with Gasteiger partial charge in [0.25, 0.3) is 5.91 Å². The van der Waals surface area contributed by atoms with Crippen LogP contribution in [0, 0.1) is 5.21 Å². The average molecular weight is 457 g/mol. The van der Waals surface area contributed by atoms with Gasteiger partial charge < -0.3 is 20.2 Å². The zero-order chi connectivity index (χ0) is 24.0. The van der Waals surface area contributed by atoms with Crippen LogP contribution < -0.4 is 15.5 Å². The Balaban J connectivity index is 1.67. The first-order valence-corrected chi connectivity index (χ1v) is 11.1. The number of rotatable bonds is 5. The summed E-state index contributed by atoms with van der Waals surface area (Å²) in [6.45, 7) is 3.31. The SMILES string of the molecule is CC(C)(O)c1cc[n+]([O-])c(-c2cccc(-n3cc(C(=O)NC4CC4)c(=O)c4cccnc43)c2)c1. The van der Waals surface area contributed by atoms with Crippen LogP contribution in [0.25, 0.3) is 28.0 Å². The van der Waals surface area contributed by atoms with Gasteiger partial charge >= 0.3 is 0 Å². The number of aliphatic hydroxyl groups is 1. The Morgan fingerprint density at radius 3 is 2.74 bits per heavy atom. The molecule has 5 rings (SSSR count). The number of amides is 1. The van der Waals surface area contributed by atoms with Gasteiger partial charge in [-0.1, -0.05) is 6.07 Å². The van der Waals surface area contributed by atoms with Gasteiger partial charge in [-0.2, -0.15) is 4.73 Å². The first-order chi connectivity index (χ1) is 16.2. The highest BCUT2D eigenvalue weighted by molar-refractivity contribution is 5.97.